The smallest absolute Gasteiger partial charge is 0.407 e. The van der Waals surface area contributed by atoms with Gasteiger partial charge < -0.3 is 20.1 Å². The van der Waals surface area contributed by atoms with Gasteiger partial charge in [-0.25, -0.2) is 4.79 Å². The molecular weight excluding hydrogens is 346 g/mol. The number of benzene rings is 1. The average Bonchev–Trinajstić information content (AvgIpc) is 2.56. The molecule has 27 heavy (non-hydrogen) atoms. The molecule has 2 N–H and O–H groups in total. The summed E-state index contributed by atoms with van der Waals surface area (Å²) in [6.45, 7) is 7.43. The Balaban J connectivity index is 1.82. The second kappa shape index (κ2) is 9.02. The first-order valence-electron chi connectivity index (χ1n) is 8.68. The summed E-state index contributed by atoms with van der Waals surface area (Å²) in [4.78, 5) is 27.6. The van der Waals surface area contributed by atoms with E-state index in [9.17, 15) is 9.59 Å². The largest absolute Gasteiger partial charge is 0.455 e. The van der Waals surface area contributed by atoms with Crippen LogP contribution in [0.1, 0.15) is 32.8 Å². The molecule has 0 aliphatic heterocycles. The van der Waals surface area contributed by atoms with Gasteiger partial charge in [0.05, 0.1) is 6.20 Å². The zero-order valence-corrected chi connectivity index (χ0v) is 16.0. The molecule has 0 saturated heterocycles. The van der Waals surface area contributed by atoms with Gasteiger partial charge in [-0.05, 0) is 63.6 Å². The maximum absolute atomic E-state index is 12.0. The van der Waals surface area contributed by atoms with Gasteiger partial charge in [0.2, 0.25) is 5.91 Å². The van der Waals surface area contributed by atoms with Crippen LogP contribution in [0.5, 0.6) is 11.5 Å². The molecule has 1 aromatic carbocycles. The molecule has 0 bridgehead atoms. The molecular formula is C20H25N3O4. The third-order valence-corrected chi connectivity index (χ3v) is 3.34. The number of anilines is 1. The second-order valence-corrected chi connectivity index (χ2v) is 7.00. The van der Waals surface area contributed by atoms with Crippen LogP contribution in [0.2, 0.25) is 0 Å². The summed E-state index contributed by atoms with van der Waals surface area (Å²) in [6, 6.07) is 8.99. The number of hydrogen-bond acceptors (Lipinski definition) is 5. The molecule has 0 aliphatic carbocycles. The minimum absolute atomic E-state index is 0.145. The summed E-state index contributed by atoms with van der Waals surface area (Å²) in [5, 5.41) is 5.35. The molecule has 2 amide bonds. The molecule has 1 aromatic heterocycles. The van der Waals surface area contributed by atoms with Gasteiger partial charge in [-0.1, -0.05) is 0 Å². The van der Waals surface area contributed by atoms with E-state index < -0.39 is 11.7 Å². The molecule has 144 valence electrons. The fraction of sp³-hybridized carbons (Fsp3) is 0.350. The average molecular weight is 371 g/mol. The van der Waals surface area contributed by atoms with Crippen molar-refractivity contribution >= 4 is 17.7 Å². The third kappa shape index (κ3) is 7.35. The monoisotopic (exact) mass is 371 g/mol. The highest BCUT2D eigenvalue weighted by molar-refractivity contribution is 5.91. The van der Waals surface area contributed by atoms with Crippen molar-refractivity contribution in [3.8, 4) is 11.5 Å². The number of nitrogens with one attached hydrogen (secondary N) is 2. The lowest BCUT2D eigenvalue weighted by Crippen LogP contribution is -2.34. The zero-order valence-electron chi connectivity index (χ0n) is 16.0. The van der Waals surface area contributed by atoms with Crippen molar-refractivity contribution in [2.24, 2.45) is 0 Å². The lowest BCUT2D eigenvalue weighted by atomic mass is 10.2. The predicted molar refractivity (Wildman–Crippen MR) is 103 cm³/mol. The summed E-state index contributed by atoms with van der Waals surface area (Å²) in [6.07, 6.45) is 2.91. The Bertz CT molecular complexity index is 786. The van der Waals surface area contributed by atoms with Crippen molar-refractivity contribution in [2.75, 3.05) is 11.9 Å². The van der Waals surface area contributed by atoms with Crippen molar-refractivity contribution in [3.63, 3.8) is 0 Å². The molecule has 2 aromatic rings. The number of nitrogens with zero attached hydrogens (tertiary/aromatic N) is 1. The van der Waals surface area contributed by atoms with Crippen LogP contribution in [0, 0.1) is 6.92 Å². The number of rotatable bonds is 6. The Hall–Kier alpha value is -3.09. The summed E-state index contributed by atoms with van der Waals surface area (Å²) in [5.41, 5.74) is 0.973. The van der Waals surface area contributed by atoms with Crippen molar-refractivity contribution in [3.05, 3.63) is 48.3 Å². The number of ether oxygens (including phenoxy) is 2. The Labute approximate surface area is 159 Å². The van der Waals surface area contributed by atoms with Gasteiger partial charge in [0.25, 0.3) is 0 Å². The molecule has 0 spiro atoms. The maximum Gasteiger partial charge on any atom is 0.407 e. The number of aromatic nitrogens is 1. The summed E-state index contributed by atoms with van der Waals surface area (Å²) in [7, 11) is 0. The summed E-state index contributed by atoms with van der Waals surface area (Å²) >= 11 is 0. The molecule has 1 heterocycles. The highest BCUT2D eigenvalue weighted by Crippen LogP contribution is 2.26. The van der Waals surface area contributed by atoms with E-state index in [-0.39, 0.29) is 18.9 Å². The minimum atomic E-state index is -0.566. The van der Waals surface area contributed by atoms with Crippen LogP contribution in [-0.2, 0) is 9.53 Å². The molecule has 0 saturated carbocycles. The van der Waals surface area contributed by atoms with E-state index in [0.29, 0.717) is 17.2 Å². The topological polar surface area (TPSA) is 89.6 Å². The maximum atomic E-state index is 12.0. The van der Waals surface area contributed by atoms with E-state index in [1.165, 1.54) is 0 Å². The van der Waals surface area contributed by atoms with Gasteiger partial charge in [-0.15, -0.1) is 0 Å². The normalized spacial score (nSPS) is 10.8. The van der Waals surface area contributed by atoms with Crippen molar-refractivity contribution in [1.29, 1.82) is 0 Å². The van der Waals surface area contributed by atoms with Crippen molar-refractivity contribution in [2.45, 2.75) is 39.7 Å². The number of hydrogen-bond donors (Lipinski definition) is 2. The number of aryl methyl sites for hydroxylation is 1. The van der Waals surface area contributed by atoms with Crippen LogP contribution < -0.4 is 15.4 Å². The number of alkyl carbamates (subject to hydrolysis) is 1. The lowest BCUT2D eigenvalue weighted by molar-refractivity contribution is -0.116. The molecule has 0 fully saturated rings. The van der Waals surface area contributed by atoms with Crippen LogP contribution >= 0.6 is 0 Å². The number of carbonyl (C=O) groups excluding carboxylic acids is 2. The van der Waals surface area contributed by atoms with Gasteiger partial charge in [0.1, 0.15) is 17.1 Å². The number of carbonyl (C=O) groups is 2. The van der Waals surface area contributed by atoms with E-state index in [1.54, 1.807) is 51.4 Å². The van der Waals surface area contributed by atoms with Gasteiger partial charge in [-0.2, -0.15) is 0 Å². The van der Waals surface area contributed by atoms with Crippen LogP contribution in [0.15, 0.2) is 42.7 Å². The fourth-order valence-corrected chi connectivity index (χ4v) is 2.19. The molecule has 0 atom stereocenters. The molecule has 0 radical (unpaired) electrons. The Morgan fingerprint density at radius 3 is 2.59 bits per heavy atom. The van der Waals surface area contributed by atoms with E-state index in [2.05, 4.69) is 15.6 Å². The van der Waals surface area contributed by atoms with Crippen LogP contribution in [0.4, 0.5) is 10.5 Å². The summed E-state index contributed by atoms with van der Waals surface area (Å²) < 4.78 is 10.9. The van der Waals surface area contributed by atoms with E-state index in [1.807, 2.05) is 19.1 Å². The Morgan fingerprint density at radius 2 is 1.96 bits per heavy atom. The first kappa shape index (κ1) is 20.2. The standard InChI is InChI=1S/C20H25N3O4/c1-14-12-15(7-8-17(14)26-16-6-5-10-21-13-16)23-18(24)9-11-22-19(25)27-20(2,3)4/h5-8,10,12-13H,9,11H2,1-4H3,(H,22,25)(H,23,24). The lowest BCUT2D eigenvalue weighted by Gasteiger charge is -2.19. The first-order chi connectivity index (χ1) is 12.7. The molecule has 0 aliphatic rings. The SMILES string of the molecule is Cc1cc(NC(=O)CCNC(=O)OC(C)(C)C)ccc1Oc1cccnc1. The van der Waals surface area contributed by atoms with Crippen molar-refractivity contribution < 1.29 is 19.1 Å². The number of amides is 2. The van der Waals surface area contributed by atoms with E-state index >= 15 is 0 Å². The molecule has 7 heteroatoms. The van der Waals surface area contributed by atoms with Gasteiger partial charge in [0, 0.05) is 24.8 Å². The quantitative estimate of drug-likeness (QED) is 0.800. The minimum Gasteiger partial charge on any atom is -0.455 e. The van der Waals surface area contributed by atoms with Crippen molar-refractivity contribution in [1.82, 2.24) is 10.3 Å². The van der Waals surface area contributed by atoms with Gasteiger partial charge in [-0.3, -0.25) is 9.78 Å². The predicted octanol–water partition coefficient (Wildman–Crippen LogP) is 4.04. The molecule has 2 rings (SSSR count). The zero-order chi connectivity index (χ0) is 19.9. The van der Waals surface area contributed by atoms with Crippen LogP contribution in [0.25, 0.3) is 0 Å². The highest BCUT2D eigenvalue weighted by Gasteiger charge is 2.16. The third-order valence-electron chi connectivity index (χ3n) is 3.34. The van der Waals surface area contributed by atoms with Gasteiger partial charge in [0.15, 0.2) is 0 Å². The first-order valence-corrected chi connectivity index (χ1v) is 8.68. The Kier molecular flexibility index (Phi) is 6.76. The molecule has 7 nitrogen and oxygen atoms in total. The highest BCUT2D eigenvalue weighted by atomic mass is 16.6. The second-order valence-electron chi connectivity index (χ2n) is 7.00. The Morgan fingerprint density at radius 1 is 1.19 bits per heavy atom. The van der Waals surface area contributed by atoms with E-state index in [4.69, 9.17) is 9.47 Å². The van der Waals surface area contributed by atoms with E-state index in [0.717, 1.165) is 5.56 Å². The van der Waals surface area contributed by atoms with Gasteiger partial charge >= 0.3 is 6.09 Å². The molecule has 0 unspecified atom stereocenters. The fourth-order valence-electron chi connectivity index (χ4n) is 2.19. The number of pyridine rings is 1. The summed E-state index contributed by atoms with van der Waals surface area (Å²) in [5.74, 6) is 1.13. The van der Waals surface area contributed by atoms with Crippen LogP contribution in [-0.4, -0.2) is 29.1 Å². The van der Waals surface area contributed by atoms with Crippen LogP contribution in [0.3, 0.4) is 0 Å².